The molecule has 0 saturated heterocycles. The Bertz CT molecular complexity index is 616. The van der Waals surface area contributed by atoms with Gasteiger partial charge >= 0.3 is 0 Å². The quantitative estimate of drug-likeness (QED) is 0.562. The van der Waals surface area contributed by atoms with Crippen molar-refractivity contribution in [3.8, 4) is 11.8 Å². The van der Waals surface area contributed by atoms with Crippen LogP contribution in [0.25, 0.3) is 0 Å². The Kier molecular flexibility index (Phi) is 4.04. The Labute approximate surface area is 115 Å². The maximum Gasteiger partial charge on any atom is 0.236 e. The Morgan fingerprint density at radius 3 is 2.17 bits per heavy atom. The fourth-order valence-corrected chi connectivity index (χ4v) is 1.94. The molecule has 2 aromatic rings. The molecule has 0 aliphatic carbocycles. The number of hydrogen-bond acceptors (Lipinski definition) is 1. The predicted octanol–water partition coefficient (Wildman–Crippen LogP) is 4.23. The van der Waals surface area contributed by atoms with Crippen LogP contribution >= 0.6 is 23.2 Å². The normalized spacial score (nSPS) is 9.44. The third-order valence-electron chi connectivity index (χ3n) is 2.22. The van der Waals surface area contributed by atoms with Crippen molar-refractivity contribution in [3.63, 3.8) is 0 Å². The molecule has 0 saturated carbocycles. The van der Waals surface area contributed by atoms with Crippen LogP contribution in [0.1, 0.15) is 15.9 Å². The molecule has 0 bridgehead atoms. The molecule has 3 heteroatoms. The van der Waals surface area contributed by atoms with Crippen molar-refractivity contribution in [3.05, 3.63) is 69.7 Å². The van der Waals surface area contributed by atoms with E-state index in [1.54, 1.807) is 42.5 Å². The number of carbonyl (C=O) groups is 1. The standard InChI is InChI=1S/C15H8Cl2O/c16-13-8-11(9-14(17)10-13)6-7-15(18)12-4-2-1-3-5-12/h1-5,8-10H. The minimum absolute atomic E-state index is 0.230. The van der Waals surface area contributed by atoms with Gasteiger partial charge in [0.05, 0.1) is 0 Å². The lowest BCUT2D eigenvalue weighted by atomic mass is 10.1. The number of Topliss-reactive ketones (excluding diaryl/α,β-unsaturated/α-hetero) is 1. The molecule has 0 aliphatic heterocycles. The first-order valence-corrected chi connectivity index (χ1v) is 5.98. The van der Waals surface area contributed by atoms with Gasteiger partial charge in [-0.05, 0) is 24.1 Å². The molecule has 0 aromatic heterocycles. The maximum absolute atomic E-state index is 11.7. The second-order valence-corrected chi connectivity index (χ2v) is 4.48. The van der Waals surface area contributed by atoms with E-state index in [1.165, 1.54) is 0 Å². The average molecular weight is 275 g/mol. The zero-order valence-electron chi connectivity index (χ0n) is 9.28. The lowest BCUT2D eigenvalue weighted by Crippen LogP contribution is -1.93. The molecular weight excluding hydrogens is 267 g/mol. The number of halogens is 2. The van der Waals surface area contributed by atoms with Gasteiger partial charge in [-0.25, -0.2) is 0 Å². The van der Waals surface area contributed by atoms with E-state index in [1.807, 2.05) is 6.07 Å². The van der Waals surface area contributed by atoms with E-state index in [4.69, 9.17) is 23.2 Å². The lowest BCUT2D eigenvalue weighted by Gasteiger charge is -1.94. The van der Waals surface area contributed by atoms with E-state index in [-0.39, 0.29) is 5.78 Å². The summed E-state index contributed by atoms with van der Waals surface area (Å²) >= 11 is 11.7. The molecule has 0 amide bonds. The first-order valence-electron chi connectivity index (χ1n) is 5.22. The second-order valence-electron chi connectivity index (χ2n) is 3.60. The molecule has 2 rings (SSSR count). The van der Waals surface area contributed by atoms with Gasteiger partial charge in [0.1, 0.15) is 0 Å². The minimum atomic E-state index is -0.230. The molecule has 88 valence electrons. The Morgan fingerprint density at radius 2 is 1.56 bits per heavy atom. The van der Waals surface area contributed by atoms with Gasteiger partial charge in [-0.1, -0.05) is 59.5 Å². The SMILES string of the molecule is O=C(C#Cc1cc(Cl)cc(Cl)c1)c1ccccc1. The Balaban J connectivity index is 2.25. The zero-order valence-corrected chi connectivity index (χ0v) is 10.8. The Morgan fingerprint density at radius 1 is 0.944 bits per heavy atom. The van der Waals surface area contributed by atoms with Crippen LogP contribution in [0.3, 0.4) is 0 Å². The third kappa shape index (κ3) is 3.37. The van der Waals surface area contributed by atoms with E-state index in [9.17, 15) is 4.79 Å². The van der Waals surface area contributed by atoms with E-state index in [0.29, 0.717) is 21.2 Å². The van der Waals surface area contributed by atoms with Crippen molar-refractivity contribution in [2.45, 2.75) is 0 Å². The van der Waals surface area contributed by atoms with Crippen molar-refractivity contribution in [1.29, 1.82) is 0 Å². The summed E-state index contributed by atoms with van der Waals surface area (Å²) in [5, 5.41) is 0.998. The van der Waals surface area contributed by atoms with Gasteiger partial charge in [-0.15, -0.1) is 0 Å². The minimum Gasteiger partial charge on any atom is -0.279 e. The molecule has 0 N–H and O–H groups in total. The second kappa shape index (κ2) is 5.73. The van der Waals surface area contributed by atoms with Crippen molar-refractivity contribution >= 4 is 29.0 Å². The molecule has 0 aliphatic rings. The van der Waals surface area contributed by atoms with Gasteiger partial charge < -0.3 is 0 Å². The van der Waals surface area contributed by atoms with Crippen molar-refractivity contribution in [2.24, 2.45) is 0 Å². The summed E-state index contributed by atoms with van der Waals surface area (Å²) in [5.41, 5.74) is 1.19. The number of ketones is 1. The van der Waals surface area contributed by atoms with E-state index >= 15 is 0 Å². The van der Waals surface area contributed by atoms with E-state index < -0.39 is 0 Å². The highest BCUT2D eigenvalue weighted by atomic mass is 35.5. The van der Waals surface area contributed by atoms with Crippen LogP contribution < -0.4 is 0 Å². The van der Waals surface area contributed by atoms with Gasteiger partial charge in [0.15, 0.2) is 0 Å². The molecule has 0 atom stereocenters. The summed E-state index contributed by atoms with van der Waals surface area (Å²) in [6.07, 6.45) is 0. The summed E-state index contributed by atoms with van der Waals surface area (Å²) in [7, 11) is 0. The summed E-state index contributed by atoms with van der Waals surface area (Å²) in [6.45, 7) is 0. The number of carbonyl (C=O) groups excluding carboxylic acids is 1. The molecule has 0 fully saturated rings. The zero-order chi connectivity index (χ0) is 13.0. The van der Waals surface area contributed by atoms with E-state index in [0.717, 1.165) is 0 Å². The molecule has 0 unspecified atom stereocenters. The lowest BCUT2D eigenvalue weighted by molar-refractivity contribution is 0.105. The molecular formula is C15H8Cl2O. The van der Waals surface area contributed by atoms with Crippen LogP contribution in [0, 0.1) is 11.8 Å². The van der Waals surface area contributed by atoms with Crippen molar-refractivity contribution < 1.29 is 4.79 Å². The van der Waals surface area contributed by atoms with Crippen LogP contribution in [0.2, 0.25) is 10.0 Å². The monoisotopic (exact) mass is 274 g/mol. The largest absolute Gasteiger partial charge is 0.279 e. The average Bonchev–Trinajstić information content (AvgIpc) is 2.36. The fraction of sp³-hybridized carbons (Fsp3) is 0. The molecule has 0 spiro atoms. The maximum atomic E-state index is 11.7. The molecule has 2 aromatic carbocycles. The highest BCUT2D eigenvalue weighted by Crippen LogP contribution is 2.18. The highest BCUT2D eigenvalue weighted by molar-refractivity contribution is 6.34. The summed E-state index contributed by atoms with van der Waals surface area (Å²) in [5.74, 6) is 5.09. The summed E-state index contributed by atoms with van der Waals surface area (Å²) in [4.78, 5) is 11.7. The highest BCUT2D eigenvalue weighted by Gasteiger charge is 2.00. The Hall–Kier alpha value is -1.75. The van der Waals surface area contributed by atoms with Gasteiger partial charge in [0.25, 0.3) is 0 Å². The molecule has 0 radical (unpaired) electrons. The van der Waals surface area contributed by atoms with Crippen LogP contribution in [-0.2, 0) is 0 Å². The third-order valence-corrected chi connectivity index (χ3v) is 2.66. The molecule has 0 heterocycles. The number of hydrogen-bond donors (Lipinski definition) is 0. The van der Waals surface area contributed by atoms with Crippen LogP contribution in [-0.4, -0.2) is 5.78 Å². The first-order chi connectivity index (χ1) is 8.65. The van der Waals surface area contributed by atoms with Crippen molar-refractivity contribution in [2.75, 3.05) is 0 Å². The number of rotatable bonds is 1. The topological polar surface area (TPSA) is 17.1 Å². The first kappa shape index (κ1) is 12.7. The van der Waals surface area contributed by atoms with Gasteiger partial charge in [0.2, 0.25) is 5.78 Å². The summed E-state index contributed by atoms with van der Waals surface area (Å²) < 4.78 is 0. The molecule has 1 nitrogen and oxygen atoms in total. The van der Waals surface area contributed by atoms with Gasteiger partial charge in [-0.2, -0.15) is 0 Å². The number of benzene rings is 2. The van der Waals surface area contributed by atoms with Crippen LogP contribution in [0.4, 0.5) is 0 Å². The van der Waals surface area contributed by atoms with Crippen LogP contribution in [0.5, 0.6) is 0 Å². The van der Waals surface area contributed by atoms with Crippen molar-refractivity contribution in [1.82, 2.24) is 0 Å². The molecule has 18 heavy (non-hydrogen) atoms. The smallest absolute Gasteiger partial charge is 0.236 e. The fourth-order valence-electron chi connectivity index (χ4n) is 1.42. The summed E-state index contributed by atoms with van der Waals surface area (Å²) in [6, 6.07) is 13.8. The van der Waals surface area contributed by atoms with Crippen LogP contribution in [0.15, 0.2) is 48.5 Å². The van der Waals surface area contributed by atoms with Gasteiger partial charge in [-0.3, -0.25) is 4.79 Å². The predicted molar refractivity (Wildman–Crippen MR) is 74.1 cm³/mol. The van der Waals surface area contributed by atoms with E-state index in [2.05, 4.69) is 11.8 Å². The van der Waals surface area contributed by atoms with Gasteiger partial charge in [0, 0.05) is 21.2 Å².